The van der Waals surface area contributed by atoms with Crippen molar-refractivity contribution >= 4 is 66.6 Å². The minimum absolute atomic E-state index is 0.0449. The molecule has 2 N–H and O–H groups in total. The number of nitrogens with one attached hydrogen (secondary N) is 2. The van der Waals surface area contributed by atoms with E-state index >= 15 is 0 Å². The van der Waals surface area contributed by atoms with Gasteiger partial charge in [0.15, 0.2) is 0 Å². The summed E-state index contributed by atoms with van der Waals surface area (Å²) in [6.07, 6.45) is 9.00. The molecule has 9 rings (SSSR count). The van der Waals surface area contributed by atoms with Gasteiger partial charge in [-0.1, -0.05) is 133 Å². The number of rotatable bonds is 2. The molecular weight excluding hydrogens is 508 g/mol. The summed E-state index contributed by atoms with van der Waals surface area (Å²) in [5.41, 5.74) is 8.70. The molecule has 0 radical (unpaired) electrons. The first-order chi connectivity index (χ1) is 20.8. The van der Waals surface area contributed by atoms with Gasteiger partial charge in [-0.3, -0.25) is 0 Å². The molecule has 2 aliphatic rings. The fraction of sp³-hybridized carbons (Fsp3) is 0.0500. The van der Waals surface area contributed by atoms with Crippen LogP contribution in [0.2, 0.25) is 0 Å². The van der Waals surface area contributed by atoms with Crippen molar-refractivity contribution < 1.29 is 0 Å². The Labute approximate surface area is 244 Å². The zero-order chi connectivity index (χ0) is 27.6. The highest BCUT2D eigenvalue weighted by atomic mass is 15.0. The van der Waals surface area contributed by atoms with Gasteiger partial charge < -0.3 is 10.6 Å². The second-order valence-corrected chi connectivity index (χ2v) is 11.4. The maximum absolute atomic E-state index is 3.94. The number of fused-ring (bicyclic) bond motifs is 8. The van der Waals surface area contributed by atoms with Crippen molar-refractivity contribution in [2.75, 3.05) is 17.2 Å². The lowest BCUT2D eigenvalue weighted by atomic mass is 9.84. The molecule has 0 saturated heterocycles. The molecule has 2 heterocycles. The van der Waals surface area contributed by atoms with Crippen LogP contribution >= 0.6 is 0 Å². The van der Waals surface area contributed by atoms with Crippen molar-refractivity contribution in [3.63, 3.8) is 0 Å². The number of hydrogen-bond donors (Lipinski definition) is 2. The van der Waals surface area contributed by atoms with Crippen LogP contribution in [0.3, 0.4) is 0 Å². The molecule has 0 aromatic heterocycles. The van der Waals surface area contributed by atoms with E-state index < -0.39 is 0 Å². The van der Waals surface area contributed by atoms with Gasteiger partial charge in [-0.05, 0) is 77.0 Å². The Kier molecular flexibility index (Phi) is 5.06. The lowest BCUT2D eigenvalue weighted by Gasteiger charge is -2.29. The normalized spacial score (nSPS) is 15.5. The molecule has 0 aliphatic carbocycles. The standard InChI is InChI=1S/C40H28N2/c1-2-10-30-25(8-1)15-18-28-24-29(19-21-31(28)30)37-32-11-3-5-13-34(32)38(35-14-6-4-12-33(35)37)36-22-20-27-17-16-26-9-7-23-41-39(26)40(27)42-36/h1-22,24,36,41-42H,23H2. The number of benzene rings is 7. The maximum Gasteiger partial charge on any atom is 0.0714 e. The minimum Gasteiger partial charge on any atom is -0.379 e. The summed E-state index contributed by atoms with van der Waals surface area (Å²) < 4.78 is 0. The average Bonchev–Trinajstić information content (AvgIpc) is 3.06. The molecule has 0 amide bonds. The molecule has 2 nitrogen and oxygen atoms in total. The highest BCUT2D eigenvalue weighted by Crippen LogP contribution is 2.46. The fourth-order valence-corrected chi connectivity index (χ4v) is 7.15. The zero-order valence-corrected chi connectivity index (χ0v) is 23.1. The highest BCUT2D eigenvalue weighted by molar-refractivity contribution is 6.17. The van der Waals surface area contributed by atoms with Crippen LogP contribution in [-0.2, 0) is 0 Å². The first-order valence-electron chi connectivity index (χ1n) is 14.7. The number of hydrogen-bond acceptors (Lipinski definition) is 2. The Balaban J connectivity index is 1.28. The quantitative estimate of drug-likeness (QED) is 0.170. The molecule has 0 spiro atoms. The smallest absolute Gasteiger partial charge is 0.0714 e. The Morgan fingerprint density at radius 1 is 0.524 bits per heavy atom. The lowest BCUT2D eigenvalue weighted by molar-refractivity contribution is 1.00. The second-order valence-electron chi connectivity index (χ2n) is 11.4. The van der Waals surface area contributed by atoms with E-state index in [9.17, 15) is 0 Å². The Morgan fingerprint density at radius 3 is 1.95 bits per heavy atom. The SMILES string of the molecule is C1=Cc2ccc3c(c2NC1)NC(c1c2ccccc2c(-c2ccc4c(ccc5ccccc54)c2)c2ccccc12)C=C3. The van der Waals surface area contributed by atoms with Gasteiger partial charge in [-0.2, -0.15) is 0 Å². The van der Waals surface area contributed by atoms with Crippen LogP contribution in [0.4, 0.5) is 11.4 Å². The van der Waals surface area contributed by atoms with Crippen LogP contribution < -0.4 is 10.6 Å². The van der Waals surface area contributed by atoms with Crippen LogP contribution in [0, 0.1) is 0 Å². The molecular formula is C40H28N2. The van der Waals surface area contributed by atoms with Crippen molar-refractivity contribution in [1.29, 1.82) is 0 Å². The van der Waals surface area contributed by atoms with E-state index in [1.165, 1.54) is 82.3 Å². The molecule has 1 unspecified atom stereocenters. The molecule has 0 bridgehead atoms. The lowest BCUT2D eigenvalue weighted by Crippen LogP contribution is -2.17. The molecule has 7 aromatic carbocycles. The molecule has 0 fully saturated rings. The summed E-state index contributed by atoms with van der Waals surface area (Å²) in [4.78, 5) is 0. The van der Waals surface area contributed by atoms with Crippen LogP contribution in [0.5, 0.6) is 0 Å². The molecule has 198 valence electrons. The van der Waals surface area contributed by atoms with Crippen LogP contribution in [0.15, 0.2) is 127 Å². The van der Waals surface area contributed by atoms with Crippen molar-refractivity contribution in [1.82, 2.24) is 0 Å². The average molecular weight is 537 g/mol. The van der Waals surface area contributed by atoms with E-state index in [4.69, 9.17) is 0 Å². The predicted molar refractivity (Wildman–Crippen MR) is 181 cm³/mol. The van der Waals surface area contributed by atoms with E-state index in [-0.39, 0.29) is 6.04 Å². The third-order valence-electron chi connectivity index (χ3n) is 9.05. The summed E-state index contributed by atoms with van der Waals surface area (Å²) >= 11 is 0. The number of anilines is 2. The third-order valence-corrected chi connectivity index (χ3v) is 9.05. The van der Waals surface area contributed by atoms with E-state index in [0.29, 0.717) is 0 Å². The topological polar surface area (TPSA) is 24.1 Å². The van der Waals surface area contributed by atoms with Gasteiger partial charge in [-0.15, -0.1) is 0 Å². The highest BCUT2D eigenvalue weighted by Gasteiger charge is 2.24. The van der Waals surface area contributed by atoms with Gasteiger partial charge in [0.1, 0.15) is 0 Å². The van der Waals surface area contributed by atoms with E-state index in [1.54, 1.807) is 0 Å². The van der Waals surface area contributed by atoms with Gasteiger partial charge in [0.25, 0.3) is 0 Å². The largest absolute Gasteiger partial charge is 0.379 e. The van der Waals surface area contributed by atoms with E-state index in [1.807, 2.05) is 0 Å². The summed E-state index contributed by atoms with van der Waals surface area (Å²) in [7, 11) is 0. The molecule has 7 aromatic rings. The van der Waals surface area contributed by atoms with Gasteiger partial charge in [0, 0.05) is 6.54 Å². The van der Waals surface area contributed by atoms with Crippen LogP contribution in [-0.4, -0.2) is 6.54 Å². The molecule has 1 atom stereocenters. The summed E-state index contributed by atoms with van der Waals surface area (Å²) in [6.45, 7) is 0.849. The Bertz CT molecular complexity index is 2230. The van der Waals surface area contributed by atoms with Crippen molar-refractivity contribution in [2.24, 2.45) is 0 Å². The second kappa shape index (κ2) is 9.09. The van der Waals surface area contributed by atoms with E-state index in [0.717, 1.165) is 6.54 Å². The summed E-state index contributed by atoms with van der Waals surface area (Å²) in [5, 5.41) is 17.8. The first-order valence-corrected chi connectivity index (χ1v) is 14.7. The minimum atomic E-state index is 0.0449. The van der Waals surface area contributed by atoms with Crippen LogP contribution in [0.25, 0.3) is 66.4 Å². The zero-order valence-electron chi connectivity index (χ0n) is 23.1. The fourth-order valence-electron chi connectivity index (χ4n) is 7.15. The molecule has 2 heteroatoms. The summed E-state index contributed by atoms with van der Waals surface area (Å²) in [6, 6.07) is 42.5. The molecule has 0 saturated carbocycles. The van der Waals surface area contributed by atoms with Crippen molar-refractivity contribution in [3.8, 4) is 11.1 Å². The van der Waals surface area contributed by atoms with Crippen molar-refractivity contribution in [3.05, 3.63) is 144 Å². The predicted octanol–water partition coefficient (Wildman–Crippen LogP) is 10.6. The Hall–Kier alpha value is -5.34. The molecule has 42 heavy (non-hydrogen) atoms. The van der Waals surface area contributed by atoms with Crippen LogP contribution in [0.1, 0.15) is 22.7 Å². The van der Waals surface area contributed by atoms with Gasteiger partial charge in [-0.25, -0.2) is 0 Å². The molecule has 2 aliphatic heterocycles. The Morgan fingerprint density at radius 2 is 1.17 bits per heavy atom. The van der Waals surface area contributed by atoms with Gasteiger partial charge >= 0.3 is 0 Å². The van der Waals surface area contributed by atoms with E-state index in [2.05, 4.69) is 150 Å². The van der Waals surface area contributed by atoms with Gasteiger partial charge in [0.05, 0.1) is 17.4 Å². The van der Waals surface area contributed by atoms with Crippen molar-refractivity contribution in [2.45, 2.75) is 6.04 Å². The maximum atomic E-state index is 3.94. The monoisotopic (exact) mass is 536 g/mol. The first kappa shape index (κ1) is 23.4. The van der Waals surface area contributed by atoms with Gasteiger partial charge in [0.2, 0.25) is 0 Å². The summed E-state index contributed by atoms with van der Waals surface area (Å²) in [5.74, 6) is 0. The third kappa shape index (κ3) is 3.45.